The predicted octanol–water partition coefficient (Wildman–Crippen LogP) is 4.11. The number of rotatable bonds is 3. The Morgan fingerprint density at radius 1 is 1.05 bits per heavy atom. The molecule has 0 N–H and O–H groups in total. The van der Waals surface area contributed by atoms with Crippen molar-refractivity contribution in [2.45, 2.75) is 4.90 Å². The lowest BCUT2D eigenvalue weighted by Crippen LogP contribution is -2.13. The summed E-state index contributed by atoms with van der Waals surface area (Å²) >= 11 is 9.43. The second-order valence-corrected chi connectivity index (χ2v) is 7.62. The van der Waals surface area contributed by atoms with Gasteiger partial charge in [-0.1, -0.05) is 45.7 Å². The molecule has 0 unspecified atom stereocenters. The minimum atomic E-state index is -3.90. The zero-order valence-electron chi connectivity index (χ0n) is 11.0. The second-order valence-electron chi connectivity index (χ2n) is 4.56. The minimum Gasteiger partial charge on any atom is -0.298 e. The Labute approximate surface area is 140 Å². The van der Waals surface area contributed by atoms with Crippen LogP contribution in [0.3, 0.4) is 0 Å². The lowest BCUT2D eigenvalue weighted by atomic mass is 10.2. The molecule has 0 amide bonds. The molecule has 2 aromatic carbocycles. The van der Waals surface area contributed by atoms with Gasteiger partial charge in [-0.25, -0.2) is 12.4 Å². The zero-order valence-corrected chi connectivity index (χ0v) is 14.2. The minimum absolute atomic E-state index is 0.0933. The Morgan fingerprint density at radius 3 is 2.32 bits per heavy atom. The van der Waals surface area contributed by atoms with E-state index in [9.17, 15) is 13.2 Å². The van der Waals surface area contributed by atoms with Gasteiger partial charge in [-0.05, 0) is 30.3 Å². The van der Waals surface area contributed by atoms with E-state index in [1.165, 1.54) is 12.1 Å². The molecule has 0 saturated heterocycles. The summed E-state index contributed by atoms with van der Waals surface area (Å²) in [7, 11) is -3.90. The van der Waals surface area contributed by atoms with Crippen LogP contribution in [0.1, 0.15) is 10.4 Å². The van der Waals surface area contributed by atoms with E-state index >= 15 is 0 Å². The first-order valence-electron chi connectivity index (χ1n) is 6.22. The van der Waals surface area contributed by atoms with Crippen molar-refractivity contribution in [3.8, 4) is 0 Å². The van der Waals surface area contributed by atoms with Crippen LogP contribution in [0.15, 0.2) is 57.9 Å². The lowest BCUT2D eigenvalue weighted by molar-refractivity contribution is 0.112. The van der Waals surface area contributed by atoms with E-state index in [1.54, 1.807) is 36.4 Å². The van der Waals surface area contributed by atoms with E-state index in [1.807, 2.05) is 0 Å². The molecule has 0 spiro atoms. The number of aldehydes is 1. The quantitative estimate of drug-likeness (QED) is 0.624. The molecule has 0 aliphatic heterocycles. The van der Waals surface area contributed by atoms with E-state index in [4.69, 9.17) is 11.6 Å². The van der Waals surface area contributed by atoms with Crippen LogP contribution in [0.4, 0.5) is 0 Å². The second kappa shape index (κ2) is 5.53. The van der Waals surface area contributed by atoms with E-state index in [0.717, 1.165) is 8.45 Å². The number of hydrogen-bond donors (Lipinski definition) is 0. The van der Waals surface area contributed by atoms with Crippen LogP contribution in [0.5, 0.6) is 0 Å². The highest BCUT2D eigenvalue weighted by Crippen LogP contribution is 2.32. The standard InChI is InChI=1S/C15H9BrClNO3S/c16-10-5-7-11(8-6-10)22(20,21)18-14-4-2-1-3-12(14)13(9-19)15(18)17/h1-9H. The fourth-order valence-corrected chi connectivity index (χ4v) is 4.46. The van der Waals surface area contributed by atoms with Crippen LogP contribution >= 0.6 is 27.5 Å². The molecule has 3 rings (SSSR count). The molecule has 0 aliphatic rings. The average molecular weight is 399 g/mol. The highest BCUT2D eigenvalue weighted by Gasteiger charge is 2.25. The Balaban J connectivity index is 2.37. The van der Waals surface area contributed by atoms with Crippen LogP contribution in [0.2, 0.25) is 5.15 Å². The van der Waals surface area contributed by atoms with Gasteiger partial charge in [0, 0.05) is 9.86 Å². The third-order valence-electron chi connectivity index (χ3n) is 3.28. The molecule has 0 aliphatic carbocycles. The molecule has 0 bridgehead atoms. The Kier molecular flexibility index (Phi) is 3.84. The molecular weight excluding hydrogens is 390 g/mol. The molecule has 22 heavy (non-hydrogen) atoms. The summed E-state index contributed by atoms with van der Waals surface area (Å²) in [6, 6.07) is 12.9. The lowest BCUT2D eigenvalue weighted by Gasteiger charge is -2.09. The van der Waals surface area contributed by atoms with Gasteiger partial charge in [0.1, 0.15) is 5.15 Å². The van der Waals surface area contributed by atoms with Crippen molar-refractivity contribution in [2.24, 2.45) is 0 Å². The van der Waals surface area contributed by atoms with Crippen molar-refractivity contribution in [3.63, 3.8) is 0 Å². The number of benzene rings is 2. The van der Waals surface area contributed by atoms with Gasteiger partial charge in [0.15, 0.2) is 6.29 Å². The van der Waals surface area contributed by atoms with Crippen molar-refractivity contribution < 1.29 is 13.2 Å². The van der Waals surface area contributed by atoms with E-state index in [2.05, 4.69) is 15.9 Å². The average Bonchev–Trinajstić information content (AvgIpc) is 2.79. The van der Waals surface area contributed by atoms with Crippen LogP contribution in [0.25, 0.3) is 10.9 Å². The summed E-state index contributed by atoms with van der Waals surface area (Å²) in [4.78, 5) is 11.4. The van der Waals surface area contributed by atoms with Gasteiger partial charge < -0.3 is 0 Å². The summed E-state index contributed by atoms with van der Waals surface area (Å²) < 4.78 is 27.5. The molecule has 0 radical (unpaired) electrons. The molecule has 112 valence electrons. The molecule has 3 aromatic rings. The van der Waals surface area contributed by atoms with Crippen molar-refractivity contribution >= 4 is 54.7 Å². The number of aromatic nitrogens is 1. The van der Waals surface area contributed by atoms with Crippen molar-refractivity contribution in [3.05, 3.63) is 63.7 Å². The van der Waals surface area contributed by atoms with Crippen molar-refractivity contribution in [1.82, 2.24) is 3.97 Å². The van der Waals surface area contributed by atoms with Gasteiger partial charge in [-0.2, -0.15) is 0 Å². The molecule has 7 heteroatoms. The number of halogens is 2. The number of hydrogen-bond acceptors (Lipinski definition) is 3. The van der Waals surface area contributed by atoms with E-state index < -0.39 is 10.0 Å². The van der Waals surface area contributed by atoms with Crippen LogP contribution < -0.4 is 0 Å². The van der Waals surface area contributed by atoms with Crippen LogP contribution in [-0.2, 0) is 10.0 Å². The summed E-state index contributed by atoms with van der Waals surface area (Å²) in [5.41, 5.74) is 0.537. The first kappa shape index (κ1) is 15.3. The smallest absolute Gasteiger partial charge is 0.269 e. The molecule has 0 saturated carbocycles. The first-order valence-corrected chi connectivity index (χ1v) is 8.83. The maximum atomic E-state index is 12.9. The Morgan fingerprint density at radius 2 is 1.68 bits per heavy atom. The SMILES string of the molecule is O=Cc1c(Cl)n(S(=O)(=O)c2ccc(Br)cc2)c2ccccc12. The third-order valence-corrected chi connectivity index (χ3v) is 6.01. The van der Waals surface area contributed by atoms with Crippen LogP contribution in [0, 0.1) is 0 Å². The summed E-state index contributed by atoms with van der Waals surface area (Å²) in [5.74, 6) is 0. The molecule has 0 fully saturated rings. The fourth-order valence-electron chi connectivity index (χ4n) is 2.26. The summed E-state index contributed by atoms with van der Waals surface area (Å²) in [5, 5.41) is 0.391. The topological polar surface area (TPSA) is 56.1 Å². The van der Waals surface area contributed by atoms with Gasteiger partial charge in [-0.15, -0.1) is 0 Å². The largest absolute Gasteiger partial charge is 0.298 e. The molecule has 1 aromatic heterocycles. The fraction of sp³-hybridized carbons (Fsp3) is 0. The normalized spacial score (nSPS) is 11.7. The summed E-state index contributed by atoms with van der Waals surface area (Å²) in [6.07, 6.45) is 0.568. The first-order chi connectivity index (χ1) is 10.5. The van der Waals surface area contributed by atoms with Gasteiger partial charge in [0.25, 0.3) is 10.0 Å². The monoisotopic (exact) mass is 397 g/mol. The van der Waals surface area contributed by atoms with Crippen molar-refractivity contribution in [1.29, 1.82) is 0 Å². The van der Waals surface area contributed by atoms with Crippen LogP contribution in [-0.4, -0.2) is 18.7 Å². The van der Waals surface area contributed by atoms with Gasteiger partial charge >= 0.3 is 0 Å². The molecular formula is C15H9BrClNO3S. The molecule has 4 nitrogen and oxygen atoms in total. The van der Waals surface area contributed by atoms with Gasteiger partial charge in [0.05, 0.1) is 16.0 Å². The van der Waals surface area contributed by atoms with E-state index in [-0.39, 0.29) is 15.6 Å². The van der Waals surface area contributed by atoms with Gasteiger partial charge in [0.2, 0.25) is 0 Å². The maximum absolute atomic E-state index is 12.9. The number of carbonyl (C=O) groups excluding carboxylic acids is 1. The number of carbonyl (C=O) groups is 1. The van der Waals surface area contributed by atoms with Crippen molar-refractivity contribution in [2.75, 3.05) is 0 Å². The van der Waals surface area contributed by atoms with E-state index in [0.29, 0.717) is 17.2 Å². The highest BCUT2D eigenvalue weighted by atomic mass is 79.9. The predicted molar refractivity (Wildman–Crippen MR) is 89.1 cm³/mol. The zero-order chi connectivity index (χ0) is 15.9. The number of para-hydroxylation sites is 1. The third kappa shape index (κ3) is 2.27. The van der Waals surface area contributed by atoms with Gasteiger partial charge in [-0.3, -0.25) is 4.79 Å². The molecule has 1 heterocycles. The Hall–Kier alpha value is -1.63. The number of nitrogens with zero attached hydrogens (tertiary/aromatic N) is 1. The number of fused-ring (bicyclic) bond motifs is 1. The molecule has 0 atom stereocenters. The Bertz CT molecular complexity index is 978. The maximum Gasteiger partial charge on any atom is 0.269 e. The highest BCUT2D eigenvalue weighted by molar-refractivity contribution is 9.10. The summed E-state index contributed by atoms with van der Waals surface area (Å²) in [6.45, 7) is 0.